The fourth-order valence-corrected chi connectivity index (χ4v) is 1.88. The Morgan fingerprint density at radius 1 is 1.22 bits per heavy atom. The van der Waals surface area contributed by atoms with Crippen LogP contribution in [0, 0.1) is 0 Å². The Hall–Kier alpha value is -3.22. The Morgan fingerprint density at radius 3 is 2.48 bits per heavy atom. The number of carboxylic acid groups (broad SMARTS) is 1. The standard InChI is InChI=1S/C16H15NO6/c1-21-13-8-11(16(19)20)12(9-14(13)22-2)17-15(18)6-5-10-4-3-7-23-10/h3-9H,1-2H3,(H,17,18)(H,19,20)/b6-5+. The molecule has 1 amide bonds. The average Bonchev–Trinajstić information content (AvgIpc) is 3.05. The van der Waals surface area contributed by atoms with E-state index in [0.29, 0.717) is 11.5 Å². The van der Waals surface area contributed by atoms with Crippen molar-refractivity contribution in [3.8, 4) is 11.5 Å². The Labute approximate surface area is 132 Å². The quantitative estimate of drug-likeness (QED) is 0.795. The van der Waals surface area contributed by atoms with Crippen LogP contribution in [0.3, 0.4) is 0 Å². The van der Waals surface area contributed by atoms with E-state index in [9.17, 15) is 14.7 Å². The molecule has 120 valence electrons. The molecule has 0 bridgehead atoms. The first-order valence-electron chi connectivity index (χ1n) is 6.57. The summed E-state index contributed by atoms with van der Waals surface area (Å²) in [5.41, 5.74) is -0.00774. The van der Waals surface area contributed by atoms with Crippen LogP contribution in [0.5, 0.6) is 11.5 Å². The molecule has 0 radical (unpaired) electrons. The van der Waals surface area contributed by atoms with Gasteiger partial charge in [0, 0.05) is 18.2 Å². The number of carboxylic acids is 1. The first kappa shape index (κ1) is 16.2. The zero-order valence-corrected chi connectivity index (χ0v) is 12.5. The lowest BCUT2D eigenvalue weighted by Gasteiger charge is -2.12. The Morgan fingerprint density at radius 2 is 1.91 bits per heavy atom. The SMILES string of the molecule is COc1cc(NC(=O)/C=C/c2ccco2)c(C(=O)O)cc1OC. The number of nitrogens with one attached hydrogen (secondary N) is 1. The molecule has 0 spiro atoms. The molecule has 0 saturated heterocycles. The number of benzene rings is 1. The minimum absolute atomic E-state index is 0.101. The molecule has 0 fully saturated rings. The van der Waals surface area contributed by atoms with Gasteiger partial charge in [-0.15, -0.1) is 0 Å². The van der Waals surface area contributed by atoms with Crippen molar-refractivity contribution in [3.63, 3.8) is 0 Å². The van der Waals surface area contributed by atoms with Crippen LogP contribution in [0.2, 0.25) is 0 Å². The highest BCUT2D eigenvalue weighted by atomic mass is 16.5. The molecule has 23 heavy (non-hydrogen) atoms. The van der Waals surface area contributed by atoms with E-state index in [1.165, 1.54) is 44.8 Å². The predicted octanol–water partition coefficient (Wildman–Crippen LogP) is 2.65. The summed E-state index contributed by atoms with van der Waals surface area (Å²) >= 11 is 0. The fourth-order valence-electron chi connectivity index (χ4n) is 1.88. The molecule has 2 N–H and O–H groups in total. The van der Waals surface area contributed by atoms with Gasteiger partial charge >= 0.3 is 5.97 Å². The molecule has 1 aromatic heterocycles. The van der Waals surface area contributed by atoms with Crippen molar-refractivity contribution in [3.05, 3.63) is 47.9 Å². The number of ether oxygens (including phenoxy) is 2. The van der Waals surface area contributed by atoms with Crippen molar-refractivity contribution in [1.82, 2.24) is 0 Å². The molecule has 0 aliphatic heterocycles. The maximum absolute atomic E-state index is 11.9. The number of carbonyl (C=O) groups excluding carboxylic acids is 1. The third-order valence-electron chi connectivity index (χ3n) is 2.95. The summed E-state index contributed by atoms with van der Waals surface area (Å²) in [6, 6.07) is 6.05. The van der Waals surface area contributed by atoms with Crippen molar-refractivity contribution >= 4 is 23.6 Å². The maximum Gasteiger partial charge on any atom is 0.337 e. The molecule has 7 nitrogen and oxygen atoms in total. The summed E-state index contributed by atoms with van der Waals surface area (Å²) in [6.45, 7) is 0. The molecule has 0 atom stereocenters. The van der Waals surface area contributed by atoms with E-state index >= 15 is 0 Å². The average molecular weight is 317 g/mol. The van der Waals surface area contributed by atoms with Crippen LogP contribution in [0.15, 0.2) is 41.0 Å². The summed E-state index contributed by atoms with van der Waals surface area (Å²) in [6.07, 6.45) is 4.19. The highest BCUT2D eigenvalue weighted by molar-refractivity contribution is 6.06. The number of hydrogen-bond donors (Lipinski definition) is 2. The predicted molar refractivity (Wildman–Crippen MR) is 82.9 cm³/mol. The zero-order chi connectivity index (χ0) is 16.8. The second-order valence-corrected chi connectivity index (χ2v) is 4.40. The molecular formula is C16H15NO6. The third-order valence-corrected chi connectivity index (χ3v) is 2.95. The van der Waals surface area contributed by atoms with Gasteiger partial charge in [-0.3, -0.25) is 4.79 Å². The number of carbonyl (C=O) groups is 2. The minimum atomic E-state index is -1.20. The smallest absolute Gasteiger partial charge is 0.337 e. The summed E-state index contributed by atoms with van der Waals surface area (Å²) in [7, 11) is 2.81. The van der Waals surface area contributed by atoms with Gasteiger partial charge in [0.2, 0.25) is 5.91 Å². The first-order valence-corrected chi connectivity index (χ1v) is 6.57. The van der Waals surface area contributed by atoms with E-state index in [4.69, 9.17) is 13.9 Å². The van der Waals surface area contributed by atoms with Gasteiger partial charge in [0.15, 0.2) is 11.5 Å². The highest BCUT2D eigenvalue weighted by Crippen LogP contribution is 2.33. The number of amides is 1. The van der Waals surface area contributed by atoms with Gasteiger partial charge in [-0.05, 0) is 18.2 Å². The van der Waals surface area contributed by atoms with Crippen LogP contribution in [-0.2, 0) is 4.79 Å². The van der Waals surface area contributed by atoms with Gasteiger partial charge in [0.1, 0.15) is 5.76 Å². The molecule has 0 unspecified atom stereocenters. The van der Waals surface area contributed by atoms with Crippen molar-refractivity contribution < 1.29 is 28.6 Å². The van der Waals surface area contributed by atoms with E-state index in [-0.39, 0.29) is 17.0 Å². The first-order chi connectivity index (χ1) is 11.0. The number of furan rings is 1. The van der Waals surface area contributed by atoms with Gasteiger partial charge in [-0.2, -0.15) is 0 Å². The van der Waals surface area contributed by atoms with Gasteiger partial charge in [-0.25, -0.2) is 4.79 Å². The summed E-state index contributed by atoms with van der Waals surface area (Å²) in [4.78, 5) is 23.3. The fraction of sp³-hybridized carbons (Fsp3) is 0.125. The molecule has 1 aromatic carbocycles. The van der Waals surface area contributed by atoms with E-state index in [2.05, 4.69) is 5.32 Å². The topological polar surface area (TPSA) is 98.0 Å². The summed E-state index contributed by atoms with van der Waals surface area (Å²) in [5.74, 6) is -0.629. The monoisotopic (exact) mass is 317 g/mol. The second-order valence-electron chi connectivity index (χ2n) is 4.40. The van der Waals surface area contributed by atoms with Crippen LogP contribution in [0.1, 0.15) is 16.1 Å². The zero-order valence-electron chi connectivity index (χ0n) is 12.5. The van der Waals surface area contributed by atoms with Crippen molar-refractivity contribution in [2.24, 2.45) is 0 Å². The van der Waals surface area contributed by atoms with Crippen LogP contribution < -0.4 is 14.8 Å². The number of methoxy groups -OCH3 is 2. The van der Waals surface area contributed by atoms with Gasteiger partial charge in [0.25, 0.3) is 0 Å². The van der Waals surface area contributed by atoms with E-state index in [1.807, 2.05) is 0 Å². The van der Waals surface area contributed by atoms with Crippen LogP contribution >= 0.6 is 0 Å². The molecule has 7 heteroatoms. The molecule has 0 saturated carbocycles. The second kappa shape index (κ2) is 7.17. The van der Waals surface area contributed by atoms with Crippen LogP contribution in [-0.4, -0.2) is 31.2 Å². The normalized spacial score (nSPS) is 10.5. The minimum Gasteiger partial charge on any atom is -0.493 e. The number of hydrogen-bond acceptors (Lipinski definition) is 5. The molecule has 1 heterocycles. The van der Waals surface area contributed by atoms with E-state index in [1.54, 1.807) is 12.1 Å². The van der Waals surface area contributed by atoms with Crippen molar-refractivity contribution in [1.29, 1.82) is 0 Å². The largest absolute Gasteiger partial charge is 0.493 e. The van der Waals surface area contributed by atoms with Gasteiger partial charge in [0.05, 0.1) is 31.7 Å². The molecule has 0 aliphatic rings. The van der Waals surface area contributed by atoms with Crippen molar-refractivity contribution in [2.75, 3.05) is 19.5 Å². The Balaban J connectivity index is 2.27. The molecule has 2 aromatic rings. The summed E-state index contributed by atoms with van der Waals surface area (Å²) < 4.78 is 15.2. The van der Waals surface area contributed by atoms with Crippen LogP contribution in [0.25, 0.3) is 6.08 Å². The van der Waals surface area contributed by atoms with E-state index in [0.717, 1.165) is 0 Å². The number of aromatic carboxylic acids is 1. The third kappa shape index (κ3) is 3.91. The lowest BCUT2D eigenvalue weighted by molar-refractivity contribution is -0.111. The lowest BCUT2D eigenvalue weighted by Crippen LogP contribution is -2.12. The van der Waals surface area contributed by atoms with Crippen LogP contribution in [0.4, 0.5) is 5.69 Å². The highest BCUT2D eigenvalue weighted by Gasteiger charge is 2.17. The number of anilines is 1. The Bertz CT molecular complexity index is 733. The van der Waals surface area contributed by atoms with Gasteiger partial charge < -0.3 is 24.3 Å². The lowest BCUT2D eigenvalue weighted by atomic mass is 10.1. The van der Waals surface area contributed by atoms with Crippen molar-refractivity contribution in [2.45, 2.75) is 0 Å². The molecular weight excluding hydrogens is 302 g/mol. The summed E-state index contributed by atoms with van der Waals surface area (Å²) in [5, 5.41) is 11.8. The van der Waals surface area contributed by atoms with E-state index < -0.39 is 11.9 Å². The number of rotatable bonds is 6. The molecule has 2 rings (SSSR count). The Kier molecular flexibility index (Phi) is 5.03. The molecule has 0 aliphatic carbocycles. The maximum atomic E-state index is 11.9. The van der Waals surface area contributed by atoms with Gasteiger partial charge in [-0.1, -0.05) is 0 Å².